The molecule has 4 nitrogen and oxygen atoms in total. The molecule has 0 spiro atoms. The summed E-state index contributed by atoms with van der Waals surface area (Å²) in [5, 5.41) is 0. The van der Waals surface area contributed by atoms with Crippen molar-refractivity contribution in [3.8, 4) is 0 Å². The minimum absolute atomic E-state index is 0. The van der Waals surface area contributed by atoms with Gasteiger partial charge >= 0.3 is 33.9 Å². The van der Waals surface area contributed by atoms with Gasteiger partial charge in [0, 0.05) is 21.1 Å². The second-order valence-electron chi connectivity index (χ2n) is 2.97. The molecule has 1 aromatic carbocycles. The summed E-state index contributed by atoms with van der Waals surface area (Å²) < 4.78 is 22.5. The second kappa shape index (κ2) is 36.0. The van der Waals surface area contributed by atoms with E-state index < -0.39 is 0 Å². The Labute approximate surface area is 130 Å². The molecule has 0 aromatic heterocycles. The van der Waals surface area contributed by atoms with Crippen LogP contribution in [-0.4, -0.2) is 19.0 Å². The first-order chi connectivity index (χ1) is 8.63. The van der Waals surface area contributed by atoms with E-state index in [0.29, 0.717) is 0 Å². The molecule has 0 aliphatic heterocycles. The van der Waals surface area contributed by atoms with Gasteiger partial charge in [0.05, 0.1) is 0 Å². The van der Waals surface area contributed by atoms with Crippen molar-refractivity contribution < 1.29 is 35.0 Å². The van der Waals surface area contributed by atoms with Gasteiger partial charge < -0.3 is 11.1 Å². The largest absolute Gasteiger partial charge is 0.214 e. The van der Waals surface area contributed by atoms with Crippen LogP contribution < -0.4 is 0 Å². The maximum Gasteiger partial charge on any atom is 0 e. The van der Waals surface area contributed by atoms with Gasteiger partial charge in [-0.1, -0.05) is 13.8 Å². The van der Waals surface area contributed by atoms with Crippen molar-refractivity contribution in [2.24, 2.45) is 0 Å². The smallest absolute Gasteiger partial charge is 0 e. The Hall–Kier alpha value is -1.20. The van der Waals surface area contributed by atoms with Crippen molar-refractivity contribution in [2.45, 2.75) is 13.8 Å². The maximum atomic E-state index is 7.50. The zero-order valence-electron chi connectivity index (χ0n) is 11.5. The maximum absolute atomic E-state index is 7.50. The summed E-state index contributed by atoms with van der Waals surface area (Å²) in [6, 6.07) is 10.0. The van der Waals surface area contributed by atoms with E-state index in [-0.39, 0.29) is 21.1 Å². The molecular weight excluding hydrogens is 414 g/mol. The van der Waals surface area contributed by atoms with Crippen LogP contribution in [0.5, 0.6) is 0 Å². The average molecular weight is 431 g/mol. The monoisotopic (exact) mass is 431 g/mol. The van der Waals surface area contributed by atoms with Crippen LogP contribution in [0.3, 0.4) is 0 Å². The Bertz CT molecular complexity index is 276. The van der Waals surface area contributed by atoms with E-state index in [4.69, 9.17) is 14.0 Å². The average Bonchev–Trinajstić information content (AvgIpc) is 2.94. The van der Waals surface area contributed by atoms with E-state index in [2.05, 4.69) is 26.2 Å². The van der Waals surface area contributed by atoms with Crippen LogP contribution in [0.25, 0.3) is 0 Å². The topological polar surface area (TPSA) is 62.9 Å². The molecule has 0 fully saturated rings. The van der Waals surface area contributed by atoms with E-state index in [1.54, 1.807) is 0 Å². The van der Waals surface area contributed by atoms with Crippen molar-refractivity contribution >= 4 is 0 Å². The van der Waals surface area contributed by atoms with Crippen LogP contribution in [0.2, 0.25) is 0 Å². The van der Waals surface area contributed by atoms with Crippen LogP contribution in [-0.2, 0) is 35.0 Å². The van der Waals surface area contributed by atoms with Crippen LogP contribution in [0, 0.1) is 26.2 Å². The molecule has 0 atom stereocenters. The van der Waals surface area contributed by atoms with Crippen LogP contribution in [0.4, 0.5) is 0 Å². The van der Waals surface area contributed by atoms with Crippen molar-refractivity contribution in [1.82, 2.24) is 4.90 Å². The molecule has 1 aromatic rings. The van der Waals surface area contributed by atoms with Gasteiger partial charge in [-0.2, -0.15) is 18.2 Å². The Morgan fingerprint density at radius 2 is 1.26 bits per heavy atom. The third kappa shape index (κ3) is 60.5. The summed E-state index contributed by atoms with van der Waals surface area (Å²) in [6.45, 7) is 17.6. The predicted molar refractivity (Wildman–Crippen MR) is 65.6 cm³/mol. The Kier molecular flexibility index (Phi) is 58.0. The van der Waals surface area contributed by atoms with Gasteiger partial charge in [-0.15, -0.1) is 0 Å². The minimum Gasteiger partial charge on any atom is -0.214 e. The zero-order valence-corrected chi connectivity index (χ0v) is 14.4. The number of rotatable bonds is 1. The van der Waals surface area contributed by atoms with Gasteiger partial charge in [0.2, 0.25) is 0 Å². The molecule has 0 saturated heterocycles. The molecule has 19 heavy (non-hydrogen) atoms. The molecule has 0 aliphatic carbocycles. The number of hydrogen-bond acceptors (Lipinski definition) is 1. The SMILES string of the molecule is CC(C)=[C-]N(C)C.[C-]#[O+].[C-]#[O+].[C-]#[O+].[W].c1cc[cH-]c1. The van der Waals surface area contributed by atoms with Crippen molar-refractivity contribution in [3.63, 3.8) is 0 Å². The summed E-state index contributed by atoms with van der Waals surface area (Å²) in [5.41, 5.74) is 1.21. The second-order valence-corrected chi connectivity index (χ2v) is 2.97. The van der Waals surface area contributed by atoms with Crippen LogP contribution >= 0.6 is 0 Å². The van der Waals surface area contributed by atoms with E-state index in [1.165, 1.54) is 5.57 Å². The van der Waals surface area contributed by atoms with Gasteiger partial charge in [0.15, 0.2) is 0 Å². The van der Waals surface area contributed by atoms with Crippen LogP contribution in [0.1, 0.15) is 13.8 Å². The third-order valence-electron chi connectivity index (χ3n) is 1.00. The van der Waals surface area contributed by atoms with Crippen molar-refractivity contribution in [2.75, 3.05) is 14.1 Å². The summed E-state index contributed by atoms with van der Waals surface area (Å²) in [6.07, 6.45) is 3.06. The van der Waals surface area contributed by atoms with Gasteiger partial charge in [0.1, 0.15) is 0 Å². The van der Waals surface area contributed by atoms with Crippen LogP contribution in [0.15, 0.2) is 35.9 Å². The Morgan fingerprint density at radius 3 is 1.32 bits per heavy atom. The molecule has 104 valence electrons. The molecule has 0 N–H and O–H groups in total. The summed E-state index contributed by atoms with van der Waals surface area (Å²) in [5.74, 6) is 0. The van der Waals surface area contributed by atoms with E-state index in [0.717, 1.165) is 0 Å². The Morgan fingerprint density at radius 1 is 0.947 bits per heavy atom. The fraction of sp³-hybridized carbons (Fsp3) is 0.286. The molecule has 0 radical (unpaired) electrons. The van der Waals surface area contributed by atoms with Gasteiger partial charge in [0.25, 0.3) is 0 Å². The van der Waals surface area contributed by atoms with Gasteiger partial charge in [-0.05, 0) is 14.1 Å². The Balaban J connectivity index is -0.0000000482. The molecule has 0 amide bonds. The van der Waals surface area contributed by atoms with E-state index >= 15 is 0 Å². The molecular formula is C14H17NO3W-2. The molecule has 0 unspecified atom stereocenters. The summed E-state index contributed by atoms with van der Waals surface area (Å²) >= 11 is 0. The summed E-state index contributed by atoms with van der Waals surface area (Å²) in [7, 11) is 3.93. The van der Waals surface area contributed by atoms with Gasteiger partial charge in [-0.3, -0.25) is 0 Å². The van der Waals surface area contributed by atoms with Crippen molar-refractivity contribution in [1.29, 1.82) is 0 Å². The summed E-state index contributed by atoms with van der Waals surface area (Å²) in [4.78, 5) is 1.91. The first-order valence-corrected chi connectivity index (χ1v) is 4.65. The third-order valence-corrected chi connectivity index (χ3v) is 1.00. The quantitative estimate of drug-likeness (QED) is 0.383. The molecule has 1 rings (SSSR count). The molecule has 5 heteroatoms. The van der Waals surface area contributed by atoms with Gasteiger partial charge in [-0.25, -0.2) is 17.7 Å². The fourth-order valence-electron chi connectivity index (χ4n) is 0.768. The number of nitrogens with zero attached hydrogens (tertiary/aromatic N) is 1. The van der Waals surface area contributed by atoms with E-state index in [9.17, 15) is 0 Å². The fourth-order valence-corrected chi connectivity index (χ4v) is 0.768. The normalized spacial score (nSPS) is 5.37. The standard InChI is InChI=1S/C6H12N.C5H5.3CO.W/c1-6(2)5-7(3)4;1-2-4-5-3-1;3*1-2;/h1-4H3;1-5H;;;;/q2*-1;;;;. The van der Waals surface area contributed by atoms with E-state index in [1.807, 2.05) is 63.2 Å². The zero-order chi connectivity index (χ0) is 15.4. The first-order valence-electron chi connectivity index (χ1n) is 4.65. The molecule has 0 aliphatic rings. The first kappa shape index (κ1) is 30.7. The van der Waals surface area contributed by atoms with Crippen molar-refractivity contribution in [3.05, 3.63) is 62.1 Å². The predicted octanol–water partition coefficient (Wildman–Crippen LogP) is 2.57. The minimum atomic E-state index is 0. The molecule has 0 heterocycles. The number of hydrogen-bond donors (Lipinski definition) is 0. The molecule has 0 bridgehead atoms. The number of allylic oxidation sites excluding steroid dienone is 1. The molecule has 0 saturated carbocycles.